The number of aliphatic imine (C=N–C) groups is 2. The van der Waals surface area contributed by atoms with Crippen molar-refractivity contribution in [2.75, 3.05) is 13.1 Å². The molecule has 0 aromatic heterocycles. The van der Waals surface area contributed by atoms with Crippen molar-refractivity contribution in [1.29, 1.82) is 0 Å². The maximum Gasteiger partial charge on any atom is 0.124 e. The molecule has 22 heavy (non-hydrogen) atoms. The van der Waals surface area contributed by atoms with Crippen LogP contribution >= 0.6 is 0 Å². The first-order chi connectivity index (χ1) is 10.7. The van der Waals surface area contributed by atoms with Gasteiger partial charge in [0.15, 0.2) is 0 Å². The Labute approximate surface area is 130 Å². The highest BCUT2D eigenvalue weighted by Crippen LogP contribution is 2.14. The summed E-state index contributed by atoms with van der Waals surface area (Å²) in [6.45, 7) is 3.32. The molecule has 0 amide bonds. The van der Waals surface area contributed by atoms with Gasteiger partial charge in [0.1, 0.15) is 11.5 Å². The summed E-state index contributed by atoms with van der Waals surface area (Å²) < 4.78 is 0. The molecule has 0 saturated heterocycles. The van der Waals surface area contributed by atoms with Crippen molar-refractivity contribution in [3.05, 3.63) is 59.7 Å². The van der Waals surface area contributed by atoms with Gasteiger partial charge < -0.3 is 10.2 Å². The van der Waals surface area contributed by atoms with Crippen molar-refractivity contribution in [2.24, 2.45) is 15.9 Å². The number of hydrogen-bond acceptors (Lipinski definition) is 4. The number of nitrogens with zero attached hydrogens (tertiary/aromatic N) is 2. The molecule has 2 aromatic rings. The second kappa shape index (κ2) is 7.98. The third-order valence-corrected chi connectivity index (χ3v) is 3.17. The fourth-order valence-electron chi connectivity index (χ4n) is 1.91. The molecule has 114 valence electrons. The second-order valence-electron chi connectivity index (χ2n) is 5.21. The molecule has 2 rings (SSSR count). The Morgan fingerprint density at radius 3 is 1.64 bits per heavy atom. The monoisotopic (exact) mass is 296 g/mol. The minimum atomic E-state index is 0.233. The molecule has 0 aliphatic heterocycles. The SMILES string of the molecule is CC(CN=Cc1ccccc1O)CN=Cc1ccccc1O. The molecular weight excluding hydrogens is 276 g/mol. The Balaban J connectivity index is 1.82. The number of para-hydroxylation sites is 2. The zero-order chi connectivity index (χ0) is 15.8. The van der Waals surface area contributed by atoms with Crippen LogP contribution in [0.2, 0.25) is 0 Å². The van der Waals surface area contributed by atoms with Crippen LogP contribution in [-0.4, -0.2) is 35.7 Å². The fourth-order valence-corrected chi connectivity index (χ4v) is 1.91. The van der Waals surface area contributed by atoms with Gasteiger partial charge >= 0.3 is 0 Å². The van der Waals surface area contributed by atoms with Crippen molar-refractivity contribution in [3.8, 4) is 11.5 Å². The molecule has 0 saturated carbocycles. The van der Waals surface area contributed by atoms with E-state index in [4.69, 9.17) is 0 Å². The summed E-state index contributed by atoms with van der Waals surface area (Å²) in [7, 11) is 0. The van der Waals surface area contributed by atoms with E-state index in [1.54, 1.807) is 36.7 Å². The Morgan fingerprint density at radius 2 is 1.23 bits per heavy atom. The van der Waals surface area contributed by atoms with Crippen LogP contribution in [0.3, 0.4) is 0 Å². The van der Waals surface area contributed by atoms with E-state index in [0.29, 0.717) is 24.2 Å². The van der Waals surface area contributed by atoms with Crippen LogP contribution in [-0.2, 0) is 0 Å². The van der Waals surface area contributed by atoms with Crippen molar-refractivity contribution in [3.63, 3.8) is 0 Å². The molecule has 0 radical (unpaired) electrons. The van der Waals surface area contributed by atoms with Crippen LogP contribution in [0.5, 0.6) is 11.5 Å². The van der Waals surface area contributed by atoms with Crippen molar-refractivity contribution >= 4 is 12.4 Å². The standard InChI is InChI=1S/C18H20N2O2/c1-14(10-19-12-15-6-2-4-8-17(15)21)11-20-13-16-7-3-5-9-18(16)22/h2-9,12-14,21-22H,10-11H2,1H3. The van der Waals surface area contributed by atoms with Crippen LogP contribution in [0.15, 0.2) is 58.5 Å². The zero-order valence-corrected chi connectivity index (χ0v) is 12.6. The van der Waals surface area contributed by atoms with Crippen LogP contribution in [0.4, 0.5) is 0 Å². The lowest BCUT2D eigenvalue weighted by Gasteiger charge is -2.04. The highest BCUT2D eigenvalue weighted by atomic mass is 16.3. The molecule has 0 unspecified atom stereocenters. The first kappa shape index (κ1) is 15.8. The summed E-state index contributed by atoms with van der Waals surface area (Å²) in [6.07, 6.45) is 3.36. The van der Waals surface area contributed by atoms with E-state index in [1.807, 2.05) is 24.3 Å². The fraction of sp³-hybridized carbons (Fsp3) is 0.222. The molecular formula is C18H20N2O2. The zero-order valence-electron chi connectivity index (χ0n) is 12.6. The van der Waals surface area contributed by atoms with Gasteiger partial charge in [-0.15, -0.1) is 0 Å². The van der Waals surface area contributed by atoms with E-state index < -0.39 is 0 Å². The van der Waals surface area contributed by atoms with E-state index in [1.165, 1.54) is 0 Å². The van der Waals surface area contributed by atoms with Gasteiger partial charge in [0.05, 0.1) is 0 Å². The van der Waals surface area contributed by atoms with Gasteiger partial charge in [0.25, 0.3) is 0 Å². The highest BCUT2D eigenvalue weighted by molar-refractivity contribution is 5.83. The summed E-state index contributed by atoms with van der Waals surface area (Å²) in [4.78, 5) is 8.67. The highest BCUT2D eigenvalue weighted by Gasteiger charge is 2.00. The predicted molar refractivity (Wildman–Crippen MR) is 90.3 cm³/mol. The Bertz CT molecular complexity index is 608. The quantitative estimate of drug-likeness (QED) is 0.803. The van der Waals surface area contributed by atoms with E-state index in [2.05, 4.69) is 16.9 Å². The largest absolute Gasteiger partial charge is 0.507 e. The summed E-state index contributed by atoms with van der Waals surface area (Å²) in [6, 6.07) is 14.2. The Morgan fingerprint density at radius 1 is 0.818 bits per heavy atom. The first-order valence-corrected chi connectivity index (χ1v) is 7.22. The van der Waals surface area contributed by atoms with E-state index in [0.717, 1.165) is 0 Å². The van der Waals surface area contributed by atoms with Crippen molar-refractivity contribution < 1.29 is 10.2 Å². The number of benzene rings is 2. The van der Waals surface area contributed by atoms with Gasteiger partial charge in [-0.2, -0.15) is 0 Å². The number of aromatic hydroxyl groups is 2. The van der Waals surface area contributed by atoms with Gasteiger partial charge in [0.2, 0.25) is 0 Å². The van der Waals surface area contributed by atoms with Crippen molar-refractivity contribution in [2.45, 2.75) is 6.92 Å². The Kier molecular flexibility index (Phi) is 5.72. The average molecular weight is 296 g/mol. The van der Waals surface area contributed by atoms with Gasteiger partial charge in [0, 0.05) is 36.6 Å². The molecule has 0 spiro atoms. The average Bonchev–Trinajstić information content (AvgIpc) is 2.51. The lowest BCUT2D eigenvalue weighted by molar-refractivity contribution is 0.474. The van der Waals surface area contributed by atoms with Crippen molar-refractivity contribution in [1.82, 2.24) is 0 Å². The minimum Gasteiger partial charge on any atom is -0.507 e. The van der Waals surface area contributed by atoms with E-state index in [-0.39, 0.29) is 17.4 Å². The molecule has 2 aromatic carbocycles. The molecule has 0 fully saturated rings. The number of hydrogen-bond donors (Lipinski definition) is 2. The lowest BCUT2D eigenvalue weighted by Crippen LogP contribution is -2.04. The normalized spacial score (nSPS) is 13.0. The summed E-state index contributed by atoms with van der Waals surface area (Å²) in [5, 5.41) is 19.3. The third kappa shape index (κ3) is 4.74. The topological polar surface area (TPSA) is 65.2 Å². The van der Waals surface area contributed by atoms with Crippen LogP contribution in [0.25, 0.3) is 0 Å². The molecule has 2 N–H and O–H groups in total. The van der Waals surface area contributed by atoms with E-state index in [9.17, 15) is 10.2 Å². The molecule has 0 atom stereocenters. The van der Waals surface area contributed by atoms with E-state index >= 15 is 0 Å². The molecule has 0 bridgehead atoms. The molecule has 4 nitrogen and oxygen atoms in total. The Hall–Kier alpha value is -2.62. The number of phenolic OH excluding ortho intramolecular Hbond substituents is 2. The first-order valence-electron chi connectivity index (χ1n) is 7.22. The number of rotatable bonds is 6. The third-order valence-electron chi connectivity index (χ3n) is 3.17. The van der Waals surface area contributed by atoms with Crippen LogP contribution in [0.1, 0.15) is 18.1 Å². The van der Waals surface area contributed by atoms with Gasteiger partial charge in [-0.1, -0.05) is 31.2 Å². The number of phenols is 2. The minimum absolute atomic E-state index is 0.233. The molecule has 4 heteroatoms. The van der Waals surface area contributed by atoms with Crippen LogP contribution in [0, 0.1) is 5.92 Å². The van der Waals surface area contributed by atoms with Gasteiger partial charge in [-0.3, -0.25) is 9.98 Å². The van der Waals surface area contributed by atoms with Crippen LogP contribution < -0.4 is 0 Å². The predicted octanol–water partition coefficient (Wildman–Crippen LogP) is 3.27. The maximum absolute atomic E-state index is 9.63. The molecule has 0 aliphatic rings. The second-order valence-corrected chi connectivity index (χ2v) is 5.21. The van der Waals surface area contributed by atoms with Gasteiger partial charge in [-0.05, 0) is 30.2 Å². The summed E-state index contributed by atoms with van der Waals surface area (Å²) >= 11 is 0. The molecule has 0 heterocycles. The summed E-state index contributed by atoms with van der Waals surface area (Å²) in [5.41, 5.74) is 1.43. The maximum atomic E-state index is 9.63. The summed E-state index contributed by atoms with van der Waals surface area (Å²) in [5.74, 6) is 0.747. The molecule has 0 aliphatic carbocycles. The lowest BCUT2D eigenvalue weighted by atomic mass is 10.2. The van der Waals surface area contributed by atoms with Gasteiger partial charge in [-0.25, -0.2) is 0 Å². The smallest absolute Gasteiger partial charge is 0.124 e.